The fourth-order valence-electron chi connectivity index (χ4n) is 2.78. The maximum Gasteiger partial charge on any atom is 0.339 e. The van der Waals surface area contributed by atoms with Crippen LogP contribution in [0, 0.1) is 10.1 Å². The van der Waals surface area contributed by atoms with Crippen LogP contribution in [0.2, 0.25) is 0 Å². The molecule has 0 aliphatic heterocycles. The van der Waals surface area contributed by atoms with E-state index in [9.17, 15) is 19.7 Å². The van der Waals surface area contributed by atoms with Crippen LogP contribution in [0.5, 0.6) is 0 Å². The highest BCUT2D eigenvalue weighted by atomic mass is 16.6. The molecule has 2 aromatic carbocycles. The summed E-state index contributed by atoms with van der Waals surface area (Å²) in [5.41, 5.74) is 1.30. The van der Waals surface area contributed by atoms with Crippen molar-refractivity contribution in [2.24, 2.45) is 0 Å². The Morgan fingerprint density at radius 2 is 1.93 bits per heavy atom. The molecule has 0 aromatic heterocycles. The number of nitro groups is 1. The first-order chi connectivity index (χ1) is 13.9. The van der Waals surface area contributed by atoms with Crippen LogP contribution in [0.3, 0.4) is 0 Å². The van der Waals surface area contributed by atoms with Gasteiger partial charge in [0.25, 0.3) is 11.6 Å². The molecule has 1 saturated carbocycles. The van der Waals surface area contributed by atoms with E-state index in [1.54, 1.807) is 0 Å². The first-order valence-corrected chi connectivity index (χ1v) is 9.51. The van der Waals surface area contributed by atoms with Gasteiger partial charge in [-0.05, 0) is 43.9 Å². The van der Waals surface area contributed by atoms with Gasteiger partial charge in [-0.1, -0.05) is 30.3 Å². The highest BCUT2D eigenvalue weighted by Crippen LogP contribution is 2.31. The van der Waals surface area contributed by atoms with E-state index in [2.05, 4.69) is 10.6 Å². The predicted octanol–water partition coefficient (Wildman–Crippen LogP) is 3.07. The molecule has 8 heteroatoms. The van der Waals surface area contributed by atoms with Gasteiger partial charge in [-0.3, -0.25) is 14.9 Å². The lowest BCUT2D eigenvalue weighted by molar-refractivity contribution is -0.384. The standard InChI is InChI=1S/C21H23N3O5/c1-14(20(25)22-12-11-15-5-3-2-4-6-15)29-21(26)16-7-10-18(23-17-8-9-17)19(13-16)24(27)28/h2-7,10,13-14,17,23H,8-9,11-12H2,1H3,(H,22,25). The molecule has 1 atom stereocenters. The smallest absolute Gasteiger partial charge is 0.339 e. The minimum atomic E-state index is -1.01. The molecule has 1 aliphatic carbocycles. The number of nitrogens with one attached hydrogen (secondary N) is 2. The number of hydrogen-bond acceptors (Lipinski definition) is 6. The Kier molecular flexibility index (Phi) is 6.43. The molecular formula is C21H23N3O5. The molecule has 0 bridgehead atoms. The summed E-state index contributed by atoms with van der Waals surface area (Å²) in [5.74, 6) is -1.20. The van der Waals surface area contributed by atoms with Gasteiger partial charge in [-0.15, -0.1) is 0 Å². The van der Waals surface area contributed by atoms with Gasteiger partial charge in [-0.2, -0.15) is 0 Å². The van der Waals surface area contributed by atoms with Crippen LogP contribution in [0.1, 0.15) is 35.7 Å². The van der Waals surface area contributed by atoms with E-state index in [1.165, 1.54) is 25.1 Å². The summed E-state index contributed by atoms with van der Waals surface area (Å²) >= 11 is 0. The molecule has 0 heterocycles. The summed E-state index contributed by atoms with van der Waals surface area (Å²) in [6, 6.07) is 14.1. The second-order valence-electron chi connectivity index (χ2n) is 6.98. The Morgan fingerprint density at radius 3 is 2.59 bits per heavy atom. The average Bonchev–Trinajstić information content (AvgIpc) is 3.52. The summed E-state index contributed by atoms with van der Waals surface area (Å²) in [7, 11) is 0. The second-order valence-corrected chi connectivity index (χ2v) is 6.98. The van der Waals surface area contributed by atoms with Crippen LogP contribution in [0.15, 0.2) is 48.5 Å². The third-order valence-corrected chi connectivity index (χ3v) is 4.58. The Bertz CT molecular complexity index is 896. The number of carbonyl (C=O) groups is 2. The third-order valence-electron chi connectivity index (χ3n) is 4.58. The van der Waals surface area contributed by atoms with Crippen molar-refractivity contribution < 1.29 is 19.2 Å². The zero-order valence-corrected chi connectivity index (χ0v) is 16.1. The minimum Gasteiger partial charge on any atom is -0.449 e. The van der Waals surface area contributed by atoms with Crippen LogP contribution >= 0.6 is 0 Å². The van der Waals surface area contributed by atoms with Crippen LogP contribution in [0.25, 0.3) is 0 Å². The molecule has 1 fully saturated rings. The highest BCUT2D eigenvalue weighted by Gasteiger charge is 2.26. The first kappa shape index (κ1) is 20.3. The third kappa shape index (κ3) is 5.78. The number of benzene rings is 2. The van der Waals surface area contributed by atoms with E-state index < -0.39 is 22.9 Å². The van der Waals surface area contributed by atoms with E-state index in [1.807, 2.05) is 30.3 Å². The zero-order chi connectivity index (χ0) is 20.8. The van der Waals surface area contributed by atoms with Crippen LogP contribution < -0.4 is 10.6 Å². The number of hydrogen-bond donors (Lipinski definition) is 2. The fourth-order valence-corrected chi connectivity index (χ4v) is 2.78. The zero-order valence-electron chi connectivity index (χ0n) is 16.1. The lowest BCUT2D eigenvalue weighted by Gasteiger charge is -2.14. The fraction of sp³-hybridized carbons (Fsp3) is 0.333. The van der Waals surface area contributed by atoms with Crippen molar-refractivity contribution in [3.63, 3.8) is 0 Å². The Morgan fingerprint density at radius 1 is 1.21 bits per heavy atom. The molecule has 1 unspecified atom stereocenters. The van der Waals surface area contributed by atoms with Gasteiger partial charge in [0.1, 0.15) is 5.69 Å². The SMILES string of the molecule is CC(OC(=O)c1ccc(NC2CC2)c([N+](=O)[O-])c1)C(=O)NCCc1ccccc1. The average molecular weight is 397 g/mol. The summed E-state index contributed by atoms with van der Waals surface area (Å²) in [4.78, 5) is 35.3. The molecule has 1 aliphatic rings. The summed E-state index contributed by atoms with van der Waals surface area (Å²) < 4.78 is 5.18. The van der Waals surface area contributed by atoms with E-state index in [0.717, 1.165) is 18.4 Å². The van der Waals surface area contributed by atoms with Crippen molar-refractivity contribution in [1.82, 2.24) is 5.32 Å². The summed E-state index contributed by atoms with van der Waals surface area (Å²) in [6.45, 7) is 1.88. The van der Waals surface area contributed by atoms with Crippen molar-refractivity contribution in [1.29, 1.82) is 0 Å². The number of nitrogens with zero attached hydrogens (tertiary/aromatic N) is 1. The molecule has 0 saturated heterocycles. The van der Waals surface area contributed by atoms with Gasteiger partial charge in [0, 0.05) is 18.7 Å². The Labute approximate surface area is 168 Å². The van der Waals surface area contributed by atoms with Crippen molar-refractivity contribution >= 4 is 23.3 Å². The van der Waals surface area contributed by atoms with Crippen LogP contribution in [-0.2, 0) is 16.0 Å². The molecule has 1 amide bonds. The predicted molar refractivity (Wildman–Crippen MR) is 108 cm³/mol. The van der Waals surface area contributed by atoms with E-state index in [-0.39, 0.29) is 17.3 Å². The summed E-state index contributed by atoms with van der Waals surface area (Å²) in [5, 5.41) is 17.1. The molecule has 0 spiro atoms. The van der Waals surface area contributed by atoms with Gasteiger partial charge in [0.15, 0.2) is 6.10 Å². The quantitative estimate of drug-likeness (QED) is 0.382. The minimum absolute atomic E-state index is 0.0296. The number of ether oxygens (including phenoxy) is 1. The highest BCUT2D eigenvalue weighted by molar-refractivity contribution is 5.93. The van der Waals surface area contributed by atoms with Gasteiger partial charge in [-0.25, -0.2) is 4.79 Å². The normalized spacial score (nSPS) is 14.0. The number of nitro benzene ring substituents is 1. The molecular weight excluding hydrogens is 374 g/mol. The van der Waals surface area contributed by atoms with Crippen LogP contribution in [0.4, 0.5) is 11.4 Å². The lowest BCUT2D eigenvalue weighted by Crippen LogP contribution is -2.36. The molecule has 0 radical (unpaired) electrons. The van der Waals surface area contributed by atoms with Crippen molar-refractivity contribution in [3.8, 4) is 0 Å². The number of esters is 1. The molecule has 2 N–H and O–H groups in total. The maximum absolute atomic E-state index is 12.3. The number of rotatable bonds is 9. The van der Waals surface area contributed by atoms with Crippen molar-refractivity contribution in [3.05, 3.63) is 69.8 Å². The van der Waals surface area contributed by atoms with Crippen molar-refractivity contribution in [2.75, 3.05) is 11.9 Å². The van der Waals surface area contributed by atoms with Gasteiger partial charge >= 0.3 is 5.97 Å². The molecule has 29 heavy (non-hydrogen) atoms. The second kappa shape index (κ2) is 9.18. The molecule has 2 aromatic rings. The maximum atomic E-state index is 12.3. The van der Waals surface area contributed by atoms with E-state index in [4.69, 9.17) is 4.74 Å². The number of amides is 1. The van der Waals surface area contributed by atoms with Gasteiger partial charge in [0.05, 0.1) is 10.5 Å². The monoisotopic (exact) mass is 397 g/mol. The van der Waals surface area contributed by atoms with Gasteiger partial charge < -0.3 is 15.4 Å². The molecule has 3 rings (SSSR count). The molecule has 152 valence electrons. The topological polar surface area (TPSA) is 111 Å². The largest absolute Gasteiger partial charge is 0.449 e. The lowest BCUT2D eigenvalue weighted by atomic mass is 10.1. The Hall–Kier alpha value is -3.42. The molecule has 8 nitrogen and oxygen atoms in total. The summed E-state index contributed by atoms with van der Waals surface area (Å²) in [6.07, 6.45) is 1.59. The first-order valence-electron chi connectivity index (χ1n) is 9.51. The van der Waals surface area contributed by atoms with E-state index >= 15 is 0 Å². The van der Waals surface area contributed by atoms with Crippen molar-refractivity contribution in [2.45, 2.75) is 38.3 Å². The Balaban J connectivity index is 1.54. The number of carbonyl (C=O) groups excluding carboxylic acids is 2. The van der Waals surface area contributed by atoms with E-state index in [0.29, 0.717) is 18.7 Å². The van der Waals surface area contributed by atoms with Gasteiger partial charge in [0.2, 0.25) is 0 Å². The number of anilines is 1. The van der Waals surface area contributed by atoms with Crippen LogP contribution in [-0.4, -0.2) is 35.5 Å².